The Labute approximate surface area is 232 Å². The number of nitrogens with one attached hydrogen (secondary N) is 1. The highest BCUT2D eigenvalue weighted by atomic mass is 35.5. The Bertz CT molecular complexity index is 1530. The average molecular weight is 567 g/mol. The van der Waals surface area contributed by atoms with E-state index in [9.17, 15) is 4.79 Å². The van der Waals surface area contributed by atoms with Crippen molar-refractivity contribution in [2.45, 2.75) is 18.5 Å². The third-order valence-electron chi connectivity index (χ3n) is 5.45. The predicted molar refractivity (Wildman–Crippen MR) is 152 cm³/mol. The summed E-state index contributed by atoms with van der Waals surface area (Å²) in [6.07, 6.45) is 2.41. The SMILES string of the molecule is Cc1ccc(-n2c(SCC(=O)Nc3ncc(Cc4ccc(Cl)c(Cl)c4)s3)nnc2-c2ccccc2)cc1. The van der Waals surface area contributed by atoms with Crippen LogP contribution in [0.5, 0.6) is 0 Å². The van der Waals surface area contributed by atoms with Gasteiger partial charge >= 0.3 is 0 Å². The third kappa shape index (κ3) is 6.22. The first-order valence-corrected chi connectivity index (χ1v) is 13.9. The van der Waals surface area contributed by atoms with Crippen LogP contribution < -0.4 is 5.32 Å². The van der Waals surface area contributed by atoms with E-state index in [-0.39, 0.29) is 11.7 Å². The van der Waals surface area contributed by atoms with Gasteiger partial charge in [0.05, 0.1) is 15.8 Å². The maximum absolute atomic E-state index is 12.7. The molecule has 0 atom stereocenters. The van der Waals surface area contributed by atoms with Crippen molar-refractivity contribution in [2.75, 3.05) is 11.1 Å². The zero-order chi connectivity index (χ0) is 25.8. The van der Waals surface area contributed by atoms with Crippen LogP contribution >= 0.6 is 46.3 Å². The molecule has 3 aromatic carbocycles. The molecule has 5 aromatic rings. The van der Waals surface area contributed by atoms with Crippen molar-refractivity contribution in [3.8, 4) is 17.1 Å². The molecule has 0 spiro atoms. The first kappa shape index (κ1) is 25.5. The maximum Gasteiger partial charge on any atom is 0.236 e. The maximum atomic E-state index is 12.7. The Hall–Kier alpha value is -3.17. The Kier molecular flexibility index (Phi) is 7.90. The van der Waals surface area contributed by atoms with Crippen LogP contribution in [-0.2, 0) is 11.2 Å². The van der Waals surface area contributed by atoms with Gasteiger partial charge in [0.25, 0.3) is 0 Å². The van der Waals surface area contributed by atoms with Gasteiger partial charge in [0.15, 0.2) is 16.1 Å². The molecule has 0 unspecified atom stereocenters. The van der Waals surface area contributed by atoms with Gasteiger partial charge < -0.3 is 5.32 Å². The standard InChI is InChI=1S/C27H21Cl2N5OS2/c1-17-7-10-20(11-8-17)34-25(19-5-3-2-4-6-19)32-33-27(34)36-16-24(35)31-26-30-15-21(37-26)13-18-9-12-22(28)23(29)14-18/h2-12,14-15H,13,16H2,1H3,(H,30,31,35). The van der Waals surface area contributed by atoms with Crippen LogP contribution in [0.4, 0.5) is 5.13 Å². The third-order valence-corrected chi connectivity index (χ3v) is 8.03. The fraction of sp³-hybridized carbons (Fsp3) is 0.111. The molecule has 0 bridgehead atoms. The van der Waals surface area contributed by atoms with Crippen LogP contribution in [0.2, 0.25) is 10.0 Å². The van der Waals surface area contributed by atoms with Gasteiger partial charge in [-0.1, -0.05) is 89.1 Å². The van der Waals surface area contributed by atoms with E-state index in [2.05, 4.69) is 20.5 Å². The first-order chi connectivity index (χ1) is 18.0. The van der Waals surface area contributed by atoms with Gasteiger partial charge in [0.1, 0.15) is 0 Å². The van der Waals surface area contributed by atoms with E-state index < -0.39 is 0 Å². The topological polar surface area (TPSA) is 72.7 Å². The number of aromatic nitrogens is 4. The fourth-order valence-electron chi connectivity index (χ4n) is 3.65. The van der Waals surface area contributed by atoms with Crippen molar-refractivity contribution in [2.24, 2.45) is 0 Å². The molecule has 2 aromatic heterocycles. The van der Waals surface area contributed by atoms with Crippen molar-refractivity contribution in [1.82, 2.24) is 19.7 Å². The Morgan fingerprint density at radius 3 is 2.54 bits per heavy atom. The highest BCUT2D eigenvalue weighted by Gasteiger charge is 2.18. The lowest BCUT2D eigenvalue weighted by molar-refractivity contribution is -0.113. The van der Waals surface area contributed by atoms with Gasteiger partial charge in [0, 0.05) is 28.7 Å². The molecular formula is C27H21Cl2N5OS2. The number of benzene rings is 3. The summed E-state index contributed by atoms with van der Waals surface area (Å²) in [5.74, 6) is 0.722. The van der Waals surface area contributed by atoms with Crippen LogP contribution in [0, 0.1) is 6.92 Å². The number of anilines is 1. The van der Waals surface area contributed by atoms with Crippen molar-refractivity contribution in [3.63, 3.8) is 0 Å². The molecule has 5 rings (SSSR count). The molecule has 0 fully saturated rings. The number of thioether (sulfide) groups is 1. The molecule has 186 valence electrons. The minimum atomic E-state index is -0.167. The lowest BCUT2D eigenvalue weighted by Gasteiger charge is -2.10. The number of carbonyl (C=O) groups is 1. The molecule has 1 amide bonds. The van der Waals surface area contributed by atoms with E-state index in [0.717, 1.165) is 33.1 Å². The summed E-state index contributed by atoms with van der Waals surface area (Å²) in [4.78, 5) is 18.1. The summed E-state index contributed by atoms with van der Waals surface area (Å²) in [6.45, 7) is 2.04. The minimum Gasteiger partial charge on any atom is -0.301 e. The van der Waals surface area contributed by atoms with E-state index in [1.807, 2.05) is 78.2 Å². The van der Waals surface area contributed by atoms with Gasteiger partial charge in [-0.25, -0.2) is 4.98 Å². The number of rotatable bonds is 8. The lowest BCUT2D eigenvalue weighted by Crippen LogP contribution is -2.14. The summed E-state index contributed by atoms with van der Waals surface area (Å²) < 4.78 is 1.98. The first-order valence-electron chi connectivity index (χ1n) is 11.4. The van der Waals surface area contributed by atoms with Crippen molar-refractivity contribution >= 4 is 57.3 Å². The van der Waals surface area contributed by atoms with E-state index in [4.69, 9.17) is 23.2 Å². The lowest BCUT2D eigenvalue weighted by atomic mass is 10.1. The number of aryl methyl sites for hydroxylation is 1. The number of amides is 1. The molecule has 0 aliphatic carbocycles. The van der Waals surface area contributed by atoms with E-state index in [1.165, 1.54) is 23.1 Å². The summed E-state index contributed by atoms with van der Waals surface area (Å²) in [7, 11) is 0. The van der Waals surface area contributed by atoms with Crippen LogP contribution in [0.15, 0.2) is 84.1 Å². The quantitative estimate of drug-likeness (QED) is 0.199. The van der Waals surface area contributed by atoms with Gasteiger partial charge in [-0.15, -0.1) is 21.5 Å². The van der Waals surface area contributed by atoms with E-state index in [1.54, 1.807) is 12.3 Å². The summed E-state index contributed by atoms with van der Waals surface area (Å²) in [6, 6.07) is 23.6. The van der Waals surface area contributed by atoms with Crippen molar-refractivity contribution in [3.05, 3.63) is 105 Å². The molecule has 0 aliphatic rings. The number of hydrogen-bond acceptors (Lipinski definition) is 6. The van der Waals surface area contributed by atoms with Gasteiger partial charge in [0.2, 0.25) is 5.91 Å². The molecule has 0 aliphatic heterocycles. The fourth-order valence-corrected chi connectivity index (χ4v) is 5.58. The van der Waals surface area contributed by atoms with E-state index >= 15 is 0 Å². The molecule has 6 nitrogen and oxygen atoms in total. The summed E-state index contributed by atoms with van der Waals surface area (Å²) in [5.41, 5.74) is 4.07. The second-order valence-electron chi connectivity index (χ2n) is 8.24. The molecule has 0 saturated carbocycles. The number of hydrogen-bond donors (Lipinski definition) is 1. The summed E-state index contributed by atoms with van der Waals surface area (Å²) in [5, 5.41) is 13.9. The largest absolute Gasteiger partial charge is 0.301 e. The van der Waals surface area contributed by atoms with Crippen LogP contribution in [0.25, 0.3) is 17.1 Å². The number of carbonyl (C=O) groups excluding carboxylic acids is 1. The molecular weight excluding hydrogens is 545 g/mol. The second kappa shape index (κ2) is 11.5. The highest BCUT2D eigenvalue weighted by molar-refractivity contribution is 7.99. The smallest absolute Gasteiger partial charge is 0.236 e. The average Bonchev–Trinajstić information content (AvgIpc) is 3.53. The Balaban J connectivity index is 1.28. The normalized spacial score (nSPS) is 11.0. The molecule has 37 heavy (non-hydrogen) atoms. The minimum absolute atomic E-state index is 0.167. The van der Waals surface area contributed by atoms with Crippen molar-refractivity contribution in [1.29, 1.82) is 0 Å². The van der Waals surface area contributed by atoms with Crippen LogP contribution in [0.1, 0.15) is 16.0 Å². The van der Waals surface area contributed by atoms with E-state index in [0.29, 0.717) is 26.8 Å². The van der Waals surface area contributed by atoms with Crippen LogP contribution in [-0.4, -0.2) is 31.4 Å². The predicted octanol–water partition coefficient (Wildman–Crippen LogP) is 7.33. The summed E-state index contributed by atoms with van der Waals surface area (Å²) >= 11 is 14.9. The molecule has 0 saturated heterocycles. The van der Waals surface area contributed by atoms with Gasteiger partial charge in [-0.05, 0) is 36.8 Å². The zero-order valence-corrected chi connectivity index (χ0v) is 22.8. The number of nitrogens with zero attached hydrogens (tertiary/aromatic N) is 4. The Morgan fingerprint density at radius 2 is 1.78 bits per heavy atom. The monoisotopic (exact) mass is 565 g/mol. The molecule has 2 heterocycles. The van der Waals surface area contributed by atoms with Gasteiger partial charge in [-0.3, -0.25) is 9.36 Å². The van der Waals surface area contributed by atoms with Gasteiger partial charge in [-0.2, -0.15) is 0 Å². The van der Waals surface area contributed by atoms with Crippen molar-refractivity contribution < 1.29 is 4.79 Å². The number of thiazole rings is 1. The molecule has 0 radical (unpaired) electrons. The zero-order valence-electron chi connectivity index (χ0n) is 19.7. The molecule has 10 heteroatoms. The Morgan fingerprint density at radius 1 is 1.00 bits per heavy atom. The highest BCUT2D eigenvalue weighted by Crippen LogP contribution is 2.29. The second-order valence-corrected chi connectivity index (χ2v) is 11.1. The number of halogens is 2. The van der Waals surface area contributed by atoms with Crippen LogP contribution in [0.3, 0.4) is 0 Å². The molecule has 1 N–H and O–H groups in total.